The van der Waals surface area contributed by atoms with E-state index in [0.717, 1.165) is 64.2 Å². The van der Waals surface area contributed by atoms with Gasteiger partial charge in [0.2, 0.25) is 0 Å². The lowest BCUT2D eigenvalue weighted by Crippen LogP contribution is -2.60. The average Bonchev–Trinajstić information content (AvgIpc) is 3.16. The molecule has 12 nitrogen and oxygen atoms in total. The summed E-state index contributed by atoms with van der Waals surface area (Å²) in [6.45, 7) is 3.71. The van der Waals surface area contributed by atoms with Gasteiger partial charge in [-0.2, -0.15) is 8.42 Å². The fourth-order valence-corrected chi connectivity index (χ4v) is 7.28. The summed E-state index contributed by atoms with van der Waals surface area (Å²) in [7, 11) is -4.60. The van der Waals surface area contributed by atoms with Gasteiger partial charge in [-0.1, -0.05) is 147 Å². The van der Waals surface area contributed by atoms with E-state index in [4.69, 9.17) is 18.9 Å². The van der Waals surface area contributed by atoms with Crippen LogP contribution in [0.15, 0.2) is 24.3 Å². The van der Waals surface area contributed by atoms with Gasteiger partial charge >= 0.3 is 11.9 Å². The highest BCUT2D eigenvalue weighted by Gasteiger charge is 2.46. The van der Waals surface area contributed by atoms with Crippen LogP contribution in [0.4, 0.5) is 0 Å². The maximum absolute atomic E-state index is 12.8. The summed E-state index contributed by atoms with van der Waals surface area (Å²) in [6.07, 6.45) is 26.5. The van der Waals surface area contributed by atoms with Crippen LogP contribution in [-0.4, -0.2) is 96.0 Å². The third kappa shape index (κ3) is 28.5. The fourth-order valence-electron chi connectivity index (χ4n) is 6.59. The number of carbonyl (C=O) groups is 2. The minimum absolute atomic E-state index is 0.165. The highest BCUT2D eigenvalue weighted by molar-refractivity contribution is 7.85. The van der Waals surface area contributed by atoms with Gasteiger partial charge in [0.1, 0.15) is 36.8 Å². The summed E-state index contributed by atoms with van der Waals surface area (Å²) in [5.41, 5.74) is 0. The van der Waals surface area contributed by atoms with E-state index in [1.54, 1.807) is 0 Å². The van der Waals surface area contributed by atoms with Crippen LogP contribution in [0.5, 0.6) is 0 Å². The normalized spacial score (nSPS) is 20.9. The van der Waals surface area contributed by atoms with Crippen molar-refractivity contribution in [2.45, 2.75) is 218 Å². The zero-order valence-electron chi connectivity index (χ0n) is 34.7. The first kappa shape index (κ1) is 52.1. The molecule has 0 unspecified atom stereocenters. The molecule has 1 heterocycles. The van der Waals surface area contributed by atoms with Crippen molar-refractivity contribution in [1.82, 2.24) is 0 Å². The van der Waals surface area contributed by atoms with Crippen LogP contribution in [0.1, 0.15) is 181 Å². The van der Waals surface area contributed by atoms with E-state index < -0.39 is 71.2 Å². The molecular weight excluding hydrogens is 741 g/mol. The van der Waals surface area contributed by atoms with Crippen LogP contribution < -0.4 is 0 Å². The second-order valence-electron chi connectivity index (χ2n) is 15.4. The van der Waals surface area contributed by atoms with Crippen molar-refractivity contribution in [3.63, 3.8) is 0 Å². The van der Waals surface area contributed by atoms with Crippen molar-refractivity contribution < 1.29 is 56.8 Å². The molecule has 1 fully saturated rings. The first-order valence-electron chi connectivity index (χ1n) is 21.9. The standard InChI is InChI=1S/C43H78O12S/c1-3-5-7-9-11-13-15-17-18-20-21-23-25-27-29-31-38(44)52-33-36(34-53-43-42(48)41(47)40(46)37(55-43)35-56(49,50)51)54-39(45)32-30-28-26-24-22-19-16-14-12-10-8-6-4-2/h11,13,17-18,36-37,40-43,46-48H,3-10,12,14-16,19-35H2,1-2H3,(H,49,50,51)/b13-11-,18-17-/t36-,37-,40-,41+,42-,43+/m1/s1. The number of carbonyl (C=O) groups excluding carboxylic acids is 2. The van der Waals surface area contributed by atoms with Crippen LogP contribution in [0.3, 0.4) is 0 Å². The molecule has 0 spiro atoms. The Bertz CT molecular complexity index is 1140. The lowest BCUT2D eigenvalue weighted by molar-refractivity contribution is -0.297. The topological polar surface area (TPSA) is 186 Å². The summed E-state index contributed by atoms with van der Waals surface area (Å²) in [4.78, 5) is 25.3. The van der Waals surface area contributed by atoms with Crippen molar-refractivity contribution in [1.29, 1.82) is 0 Å². The fraction of sp³-hybridized carbons (Fsp3) is 0.860. The molecule has 56 heavy (non-hydrogen) atoms. The third-order valence-electron chi connectivity index (χ3n) is 10.0. The lowest BCUT2D eigenvalue weighted by atomic mass is 10.00. The quantitative estimate of drug-likeness (QED) is 0.0205. The van der Waals surface area contributed by atoms with E-state index in [2.05, 4.69) is 38.2 Å². The number of hydrogen-bond acceptors (Lipinski definition) is 11. The number of unbranched alkanes of at least 4 members (excludes halogenated alkanes) is 20. The van der Waals surface area contributed by atoms with Gasteiger partial charge in [0.25, 0.3) is 10.1 Å². The Hall–Kier alpha value is -1.87. The lowest BCUT2D eigenvalue weighted by Gasteiger charge is -2.40. The first-order valence-corrected chi connectivity index (χ1v) is 23.5. The molecule has 0 radical (unpaired) electrons. The molecule has 0 aromatic rings. The summed E-state index contributed by atoms with van der Waals surface area (Å²) in [6, 6.07) is 0. The number of aliphatic hydroxyl groups excluding tert-OH is 3. The number of aliphatic hydroxyl groups is 3. The number of rotatable bonds is 36. The largest absolute Gasteiger partial charge is 0.462 e. The molecule has 1 aliphatic heterocycles. The van der Waals surface area contributed by atoms with Crippen LogP contribution in [0, 0.1) is 0 Å². The Morgan fingerprint density at radius 3 is 1.61 bits per heavy atom. The summed E-state index contributed by atoms with van der Waals surface area (Å²) >= 11 is 0. The molecule has 13 heteroatoms. The van der Waals surface area contributed by atoms with Crippen LogP contribution in [0.25, 0.3) is 0 Å². The highest BCUT2D eigenvalue weighted by Crippen LogP contribution is 2.24. The van der Waals surface area contributed by atoms with Crippen molar-refractivity contribution >= 4 is 22.1 Å². The number of allylic oxidation sites excluding steroid dienone is 4. The minimum atomic E-state index is -4.60. The smallest absolute Gasteiger partial charge is 0.306 e. The summed E-state index contributed by atoms with van der Waals surface area (Å²) in [5, 5.41) is 30.8. The summed E-state index contributed by atoms with van der Waals surface area (Å²) in [5.74, 6) is -1.99. The van der Waals surface area contributed by atoms with Gasteiger partial charge in [-0.05, 0) is 44.9 Å². The molecule has 0 aromatic carbocycles. The number of ether oxygens (including phenoxy) is 4. The third-order valence-corrected chi connectivity index (χ3v) is 10.8. The molecule has 0 amide bonds. The molecule has 328 valence electrons. The Balaban J connectivity index is 2.47. The Morgan fingerprint density at radius 2 is 1.07 bits per heavy atom. The van der Waals surface area contributed by atoms with Crippen molar-refractivity contribution in [3.05, 3.63) is 24.3 Å². The second-order valence-corrected chi connectivity index (χ2v) is 16.9. The van der Waals surface area contributed by atoms with Gasteiger partial charge in [0.05, 0.1) is 6.61 Å². The molecule has 1 aliphatic rings. The molecular formula is C43H78O12S. The molecule has 0 saturated carbocycles. The van der Waals surface area contributed by atoms with Crippen LogP contribution in [-0.2, 0) is 38.7 Å². The maximum Gasteiger partial charge on any atom is 0.306 e. The number of hydrogen-bond donors (Lipinski definition) is 4. The van der Waals surface area contributed by atoms with E-state index in [-0.39, 0.29) is 19.4 Å². The zero-order chi connectivity index (χ0) is 41.3. The van der Waals surface area contributed by atoms with Gasteiger partial charge in [0, 0.05) is 12.8 Å². The second kappa shape index (κ2) is 34.0. The monoisotopic (exact) mass is 819 g/mol. The molecule has 0 bridgehead atoms. The molecule has 6 atom stereocenters. The van der Waals surface area contributed by atoms with Gasteiger partial charge in [0.15, 0.2) is 12.4 Å². The Labute approximate surface area is 338 Å². The molecule has 0 aromatic heterocycles. The predicted octanol–water partition coefficient (Wildman–Crippen LogP) is 8.45. The van der Waals surface area contributed by atoms with E-state index >= 15 is 0 Å². The van der Waals surface area contributed by atoms with Crippen molar-refractivity contribution in [2.24, 2.45) is 0 Å². The molecule has 1 rings (SSSR count). The van der Waals surface area contributed by atoms with E-state index in [0.29, 0.717) is 12.8 Å². The molecule has 4 N–H and O–H groups in total. The molecule has 1 saturated heterocycles. The SMILES string of the molecule is CCCCC/C=C\C/C=C\CCCCCCCC(=O)OC[C@H](CO[C@H]1O[C@H](CS(=O)(=O)O)[C@@H](O)[C@H](O)[C@H]1O)OC(=O)CCCCCCCCCCCCCCC. The van der Waals surface area contributed by atoms with Crippen LogP contribution in [0.2, 0.25) is 0 Å². The highest BCUT2D eigenvalue weighted by atomic mass is 32.2. The first-order chi connectivity index (χ1) is 27.0. The number of esters is 2. The average molecular weight is 819 g/mol. The zero-order valence-corrected chi connectivity index (χ0v) is 35.6. The van der Waals surface area contributed by atoms with E-state index in [1.807, 2.05) is 0 Å². The van der Waals surface area contributed by atoms with Crippen LogP contribution >= 0.6 is 0 Å². The predicted molar refractivity (Wildman–Crippen MR) is 220 cm³/mol. The van der Waals surface area contributed by atoms with E-state index in [1.165, 1.54) is 77.0 Å². The molecule has 0 aliphatic carbocycles. The maximum atomic E-state index is 12.8. The van der Waals surface area contributed by atoms with Crippen molar-refractivity contribution in [2.75, 3.05) is 19.0 Å². The van der Waals surface area contributed by atoms with Gasteiger partial charge < -0.3 is 34.3 Å². The van der Waals surface area contributed by atoms with Crippen molar-refractivity contribution in [3.8, 4) is 0 Å². The minimum Gasteiger partial charge on any atom is -0.462 e. The van der Waals surface area contributed by atoms with Gasteiger partial charge in [-0.25, -0.2) is 0 Å². The Kier molecular flexibility index (Phi) is 31.7. The summed E-state index contributed by atoms with van der Waals surface area (Å²) < 4.78 is 54.0. The Morgan fingerprint density at radius 1 is 0.607 bits per heavy atom. The van der Waals surface area contributed by atoms with Gasteiger partial charge in [-0.3, -0.25) is 14.1 Å². The van der Waals surface area contributed by atoms with Gasteiger partial charge in [-0.15, -0.1) is 0 Å². The van der Waals surface area contributed by atoms with E-state index in [9.17, 15) is 37.9 Å².